The third-order valence-corrected chi connectivity index (χ3v) is 5.03. The molecule has 33 heavy (non-hydrogen) atoms. The highest BCUT2D eigenvalue weighted by Crippen LogP contribution is 2.24. The monoisotopic (exact) mass is 484 g/mol. The van der Waals surface area contributed by atoms with Crippen molar-refractivity contribution in [1.82, 2.24) is 9.80 Å². The van der Waals surface area contributed by atoms with Crippen LogP contribution in [0.3, 0.4) is 0 Å². The Bertz CT molecular complexity index is 735. The number of alkyl halides is 6. The Morgan fingerprint density at radius 1 is 0.879 bits per heavy atom. The molecule has 1 aliphatic rings. The van der Waals surface area contributed by atoms with Gasteiger partial charge in [-0.15, -0.1) is 0 Å². The summed E-state index contributed by atoms with van der Waals surface area (Å²) in [5, 5.41) is 2.11. The molecule has 0 aliphatic carbocycles. The van der Waals surface area contributed by atoms with Crippen molar-refractivity contribution in [3.8, 4) is 0 Å². The third kappa shape index (κ3) is 10.3. The first kappa shape index (κ1) is 28.5. The summed E-state index contributed by atoms with van der Waals surface area (Å²) in [5.74, 6) is -3.07. The maximum Gasteiger partial charge on any atom is 0.471 e. The van der Waals surface area contributed by atoms with E-state index in [9.17, 15) is 35.9 Å². The van der Waals surface area contributed by atoms with Crippen LogP contribution in [-0.2, 0) is 9.59 Å². The quantitative estimate of drug-likeness (QED) is 0.617. The van der Waals surface area contributed by atoms with Gasteiger partial charge in [-0.25, -0.2) is 0 Å². The minimum atomic E-state index is -4.90. The van der Waals surface area contributed by atoms with Crippen molar-refractivity contribution in [1.29, 1.82) is 0 Å². The molecule has 1 N–H and O–H groups in total. The molecule has 0 bridgehead atoms. The summed E-state index contributed by atoms with van der Waals surface area (Å²) in [6.45, 7) is 10.3. The summed E-state index contributed by atoms with van der Waals surface area (Å²) >= 11 is 0. The van der Waals surface area contributed by atoms with Crippen LogP contribution >= 0.6 is 0 Å². The second-order valence-corrected chi connectivity index (χ2v) is 7.28. The van der Waals surface area contributed by atoms with Crippen LogP contribution in [0, 0.1) is 0 Å². The Balaban J connectivity index is 0.000000675. The van der Waals surface area contributed by atoms with Crippen molar-refractivity contribution in [2.75, 3.05) is 56.0 Å². The average molecular weight is 484 g/mol. The lowest BCUT2D eigenvalue weighted by atomic mass is 10.2. The van der Waals surface area contributed by atoms with Crippen LogP contribution < -0.4 is 10.2 Å². The summed E-state index contributed by atoms with van der Waals surface area (Å²) < 4.78 is 73.5. The molecule has 2 amide bonds. The predicted molar refractivity (Wildman–Crippen MR) is 114 cm³/mol. The number of hydrogen-bond acceptors (Lipinski definition) is 4. The zero-order chi connectivity index (χ0) is 25.2. The van der Waals surface area contributed by atoms with Crippen LogP contribution in [0.2, 0.25) is 0 Å². The van der Waals surface area contributed by atoms with E-state index in [0.29, 0.717) is 5.69 Å². The van der Waals surface area contributed by atoms with Gasteiger partial charge in [-0.2, -0.15) is 26.3 Å². The molecule has 1 heterocycles. The summed E-state index contributed by atoms with van der Waals surface area (Å²) in [4.78, 5) is 27.2. The number of nitrogens with one attached hydrogen (secondary N) is 1. The fourth-order valence-electron chi connectivity index (χ4n) is 3.16. The molecule has 1 aliphatic heterocycles. The molecular formula is C21H30F6N4O2. The molecule has 12 heteroatoms. The Kier molecular flexibility index (Phi) is 10.9. The lowest BCUT2D eigenvalue weighted by Gasteiger charge is -2.36. The maximum absolute atomic E-state index is 12.4. The summed E-state index contributed by atoms with van der Waals surface area (Å²) in [5.41, 5.74) is 0.798. The third-order valence-electron chi connectivity index (χ3n) is 5.03. The Morgan fingerprint density at radius 3 is 1.73 bits per heavy atom. The van der Waals surface area contributed by atoms with Crippen molar-refractivity contribution in [2.45, 2.75) is 39.5 Å². The van der Waals surface area contributed by atoms with Gasteiger partial charge in [-0.1, -0.05) is 20.8 Å². The topological polar surface area (TPSA) is 55.9 Å². The van der Waals surface area contributed by atoms with E-state index in [1.807, 2.05) is 0 Å². The number of hydrogen-bond donors (Lipinski definition) is 1. The largest absolute Gasteiger partial charge is 0.471 e. The maximum atomic E-state index is 12.4. The van der Waals surface area contributed by atoms with E-state index < -0.39 is 30.6 Å². The van der Waals surface area contributed by atoms with Crippen molar-refractivity contribution in [3.63, 3.8) is 0 Å². The summed E-state index contributed by atoms with van der Waals surface area (Å²) in [6.07, 6.45) is -11.1. The minimum Gasteiger partial charge on any atom is -0.368 e. The summed E-state index contributed by atoms with van der Waals surface area (Å²) in [7, 11) is 0. The van der Waals surface area contributed by atoms with Crippen LogP contribution in [0.25, 0.3) is 0 Å². The van der Waals surface area contributed by atoms with Crippen molar-refractivity contribution >= 4 is 23.2 Å². The van der Waals surface area contributed by atoms with Gasteiger partial charge in [0, 0.05) is 37.6 Å². The van der Waals surface area contributed by atoms with Crippen molar-refractivity contribution in [2.24, 2.45) is 0 Å². The van der Waals surface area contributed by atoms with Crippen LogP contribution in [0.1, 0.15) is 27.2 Å². The molecule has 2 rings (SSSR count). The van der Waals surface area contributed by atoms with Crippen LogP contribution in [-0.4, -0.2) is 79.8 Å². The first-order valence-corrected chi connectivity index (χ1v) is 10.6. The number of halogens is 6. The lowest BCUT2D eigenvalue weighted by Crippen LogP contribution is -2.52. The van der Waals surface area contributed by atoms with Gasteiger partial charge in [0.15, 0.2) is 0 Å². The standard InChI is InChI=1S/C15H15F6N3O2.C6H15N/c16-14(17,18)9-12(25)22-10-1-3-11(4-2-10)23-5-7-24(8-6-23)13(26)15(19,20)21;1-4-7(5-2)6-3/h1-4H,5-9H2,(H,22,25);4-6H2,1-3H3. The lowest BCUT2D eigenvalue weighted by molar-refractivity contribution is -0.185. The fourth-order valence-corrected chi connectivity index (χ4v) is 3.16. The predicted octanol–water partition coefficient (Wildman–Crippen LogP) is 4.14. The first-order chi connectivity index (χ1) is 15.3. The second-order valence-electron chi connectivity index (χ2n) is 7.28. The van der Waals surface area contributed by atoms with Gasteiger partial charge in [0.1, 0.15) is 6.42 Å². The van der Waals surface area contributed by atoms with E-state index >= 15 is 0 Å². The van der Waals surface area contributed by atoms with Gasteiger partial charge in [0.2, 0.25) is 5.91 Å². The Labute approximate surface area is 189 Å². The molecular weight excluding hydrogens is 454 g/mol. The van der Waals surface area contributed by atoms with Crippen molar-refractivity contribution in [3.05, 3.63) is 24.3 Å². The van der Waals surface area contributed by atoms with Gasteiger partial charge in [-0.05, 0) is 43.9 Å². The molecule has 0 aromatic heterocycles. The molecule has 0 saturated carbocycles. The number of rotatable bonds is 6. The zero-order valence-corrected chi connectivity index (χ0v) is 18.9. The van der Waals surface area contributed by atoms with Gasteiger partial charge >= 0.3 is 18.3 Å². The van der Waals surface area contributed by atoms with E-state index in [-0.39, 0.29) is 31.9 Å². The molecule has 1 aromatic carbocycles. The molecule has 0 atom stereocenters. The second kappa shape index (κ2) is 12.7. The molecule has 0 spiro atoms. The van der Waals surface area contributed by atoms with E-state index in [0.717, 1.165) is 4.90 Å². The normalized spacial score (nSPS) is 14.6. The Morgan fingerprint density at radius 2 is 1.36 bits per heavy atom. The van der Waals surface area contributed by atoms with Gasteiger partial charge in [0.05, 0.1) is 0 Å². The van der Waals surface area contributed by atoms with Crippen molar-refractivity contribution < 1.29 is 35.9 Å². The van der Waals surface area contributed by atoms with Crippen LogP contribution in [0.15, 0.2) is 24.3 Å². The highest BCUT2D eigenvalue weighted by molar-refractivity contribution is 5.91. The molecule has 1 aromatic rings. The molecule has 0 unspecified atom stereocenters. The highest BCUT2D eigenvalue weighted by atomic mass is 19.4. The number of anilines is 2. The van der Waals surface area contributed by atoms with E-state index in [4.69, 9.17) is 0 Å². The Hall–Kier alpha value is -2.50. The van der Waals surface area contributed by atoms with Gasteiger partial charge in [0.25, 0.3) is 0 Å². The highest BCUT2D eigenvalue weighted by Gasteiger charge is 2.43. The SMILES string of the molecule is CCN(CC)CC.O=C(CC(F)(F)F)Nc1ccc(N2CCN(C(=O)C(F)(F)F)CC2)cc1. The van der Waals surface area contributed by atoms with E-state index in [2.05, 4.69) is 31.0 Å². The zero-order valence-electron chi connectivity index (χ0n) is 18.9. The number of piperazine rings is 1. The summed E-state index contributed by atoms with van der Waals surface area (Å²) in [6, 6.07) is 5.86. The number of carbonyl (C=O) groups is 2. The average Bonchev–Trinajstić information content (AvgIpc) is 2.73. The molecule has 0 radical (unpaired) electrons. The first-order valence-electron chi connectivity index (χ1n) is 10.6. The number of carbonyl (C=O) groups excluding carboxylic acids is 2. The van der Waals surface area contributed by atoms with Gasteiger partial charge < -0.3 is 20.0 Å². The molecule has 188 valence electrons. The van der Waals surface area contributed by atoms with E-state index in [1.54, 1.807) is 4.90 Å². The molecule has 1 fully saturated rings. The van der Waals surface area contributed by atoms with Gasteiger partial charge in [-0.3, -0.25) is 9.59 Å². The minimum absolute atomic E-state index is 0.0948. The fraction of sp³-hybridized carbons (Fsp3) is 0.619. The number of benzene rings is 1. The molecule has 6 nitrogen and oxygen atoms in total. The number of nitrogens with zero attached hydrogens (tertiary/aromatic N) is 3. The van der Waals surface area contributed by atoms with Crippen LogP contribution in [0.5, 0.6) is 0 Å². The van der Waals surface area contributed by atoms with Crippen LogP contribution in [0.4, 0.5) is 37.7 Å². The molecule has 1 saturated heterocycles. The smallest absolute Gasteiger partial charge is 0.368 e. The number of amides is 2. The van der Waals surface area contributed by atoms with E-state index in [1.165, 1.54) is 43.9 Å².